The van der Waals surface area contributed by atoms with Crippen molar-refractivity contribution in [2.45, 2.75) is 38.3 Å². The molecule has 26 heavy (non-hydrogen) atoms. The molecule has 4 nitrogen and oxygen atoms in total. The van der Waals surface area contributed by atoms with Gasteiger partial charge in [0.05, 0.1) is 11.4 Å². The molecule has 2 aromatic rings. The van der Waals surface area contributed by atoms with Gasteiger partial charge in [0, 0.05) is 31.6 Å². The fourth-order valence-corrected chi connectivity index (χ4v) is 4.28. The Balaban J connectivity index is 1.61. The van der Waals surface area contributed by atoms with Crippen molar-refractivity contribution >= 4 is 17.3 Å². The summed E-state index contributed by atoms with van der Waals surface area (Å²) < 4.78 is 0. The van der Waals surface area contributed by atoms with Gasteiger partial charge in [-0.15, -0.1) is 0 Å². The Kier molecular flexibility index (Phi) is 4.93. The zero-order chi connectivity index (χ0) is 17.9. The molecule has 0 radical (unpaired) electrons. The summed E-state index contributed by atoms with van der Waals surface area (Å²) >= 11 is 0. The number of hydrogen-bond acceptors (Lipinski definition) is 3. The maximum absolute atomic E-state index is 13.2. The van der Waals surface area contributed by atoms with E-state index in [1.807, 2.05) is 17.0 Å². The largest absolute Gasteiger partial charge is 0.365 e. The molecule has 1 heterocycles. The number of anilines is 2. The molecule has 2 unspecified atom stereocenters. The molecule has 0 bridgehead atoms. The van der Waals surface area contributed by atoms with Gasteiger partial charge < -0.3 is 15.5 Å². The molecule has 4 rings (SSSR count). The van der Waals surface area contributed by atoms with Crippen LogP contribution in [0.5, 0.6) is 0 Å². The van der Waals surface area contributed by atoms with Crippen molar-refractivity contribution in [3.05, 3.63) is 60.2 Å². The van der Waals surface area contributed by atoms with Crippen molar-refractivity contribution in [1.29, 1.82) is 0 Å². The molecule has 136 valence electrons. The Hall–Kier alpha value is -2.33. The molecule has 1 amide bonds. The molecule has 0 spiro atoms. The van der Waals surface area contributed by atoms with Gasteiger partial charge in [0.15, 0.2) is 0 Å². The minimum atomic E-state index is 0.0822. The first-order valence-corrected chi connectivity index (χ1v) is 9.67. The highest BCUT2D eigenvalue weighted by Crippen LogP contribution is 2.36. The zero-order valence-corrected chi connectivity index (χ0v) is 15.2. The van der Waals surface area contributed by atoms with Gasteiger partial charge in [0.2, 0.25) is 5.91 Å². The lowest BCUT2D eigenvalue weighted by Gasteiger charge is -2.28. The minimum Gasteiger partial charge on any atom is -0.365 e. The van der Waals surface area contributed by atoms with E-state index in [0.717, 1.165) is 56.7 Å². The molecule has 1 saturated carbocycles. The third-order valence-corrected chi connectivity index (χ3v) is 5.63. The quantitative estimate of drug-likeness (QED) is 0.922. The molecule has 1 aliphatic carbocycles. The molecule has 2 aromatic carbocycles. The van der Waals surface area contributed by atoms with Crippen LogP contribution in [0.25, 0.3) is 0 Å². The van der Waals surface area contributed by atoms with Crippen LogP contribution < -0.4 is 15.5 Å². The first kappa shape index (κ1) is 17.1. The zero-order valence-electron chi connectivity index (χ0n) is 15.2. The van der Waals surface area contributed by atoms with Crippen LogP contribution in [0, 0.1) is 5.92 Å². The number of hydrogen-bond donors (Lipinski definition) is 1. The van der Waals surface area contributed by atoms with Crippen molar-refractivity contribution in [3.63, 3.8) is 0 Å². The first-order valence-electron chi connectivity index (χ1n) is 9.67. The lowest BCUT2D eigenvalue weighted by atomic mass is 10.1. The van der Waals surface area contributed by atoms with Crippen molar-refractivity contribution in [2.75, 3.05) is 22.9 Å². The van der Waals surface area contributed by atoms with Crippen LogP contribution in [-0.2, 0) is 11.3 Å². The fourth-order valence-electron chi connectivity index (χ4n) is 4.28. The SMILES string of the molecule is NC1CCC(C(=O)N2CCCN(Cc3ccccc3)c3ccccc32)C1. The number of amides is 1. The van der Waals surface area contributed by atoms with Crippen LogP contribution in [0.4, 0.5) is 11.4 Å². The predicted octanol–water partition coefficient (Wildman–Crippen LogP) is 3.56. The number of carbonyl (C=O) groups excluding carboxylic acids is 1. The van der Waals surface area contributed by atoms with Crippen LogP contribution in [0.15, 0.2) is 54.6 Å². The molecule has 1 aliphatic heterocycles. The molecular formula is C22H27N3O. The summed E-state index contributed by atoms with van der Waals surface area (Å²) in [6.07, 6.45) is 3.69. The third-order valence-electron chi connectivity index (χ3n) is 5.63. The van der Waals surface area contributed by atoms with E-state index in [9.17, 15) is 4.79 Å². The highest BCUT2D eigenvalue weighted by Gasteiger charge is 2.33. The van der Waals surface area contributed by atoms with E-state index in [1.54, 1.807) is 0 Å². The van der Waals surface area contributed by atoms with Crippen LogP contribution in [0.2, 0.25) is 0 Å². The van der Waals surface area contributed by atoms with Crippen molar-refractivity contribution in [2.24, 2.45) is 11.7 Å². The van der Waals surface area contributed by atoms with Crippen molar-refractivity contribution in [3.8, 4) is 0 Å². The molecule has 2 atom stereocenters. The topological polar surface area (TPSA) is 49.6 Å². The number of nitrogens with two attached hydrogens (primary N) is 1. The first-order chi connectivity index (χ1) is 12.7. The minimum absolute atomic E-state index is 0.0822. The second-order valence-electron chi connectivity index (χ2n) is 7.51. The lowest BCUT2D eigenvalue weighted by molar-refractivity contribution is -0.122. The lowest BCUT2D eigenvalue weighted by Crippen LogP contribution is -2.36. The molecule has 0 aromatic heterocycles. The van der Waals surface area contributed by atoms with Gasteiger partial charge in [-0.2, -0.15) is 0 Å². The normalized spacial score (nSPS) is 22.8. The van der Waals surface area contributed by atoms with Gasteiger partial charge in [-0.3, -0.25) is 4.79 Å². The predicted molar refractivity (Wildman–Crippen MR) is 106 cm³/mol. The van der Waals surface area contributed by atoms with E-state index in [2.05, 4.69) is 47.4 Å². The summed E-state index contributed by atoms with van der Waals surface area (Å²) in [7, 11) is 0. The summed E-state index contributed by atoms with van der Waals surface area (Å²) in [4.78, 5) is 17.6. The Morgan fingerprint density at radius 1 is 0.962 bits per heavy atom. The van der Waals surface area contributed by atoms with Gasteiger partial charge >= 0.3 is 0 Å². The Morgan fingerprint density at radius 2 is 1.69 bits per heavy atom. The van der Waals surface area contributed by atoms with E-state index in [0.29, 0.717) is 0 Å². The molecule has 2 aliphatic rings. The fraction of sp³-hybridized carbons (Fsp3) is 0.409. The summed E-state index contributed by atoms with van der Waals surface area (Å²) in [5, 5.41) is 0. The third kappa shape index (κ3) is 3.47. The van der Waals surface area contributed by atoms with Crippen LogP contribution in [0.3, 0.4) is 0 Å². The van der Waals surface area contributed by atoms with Crippen LogP contribution in [0.1, 0.15) is 31.2 Å². The highest BCUT2D eigenvalue weighted by atomic mass is 16.2. The van der Waals surface area contributed by atoms with E-state index < -0.39 is 0 Å². The van der Waals surface area contributed by atoms with Gasteiger partial charge in [-0.25, -0.2) is 0 Å². The summed E-state index contributed by atoms with van der Waals surface area (Å²) in [5.74, 6) is 0.339. The average molecular weight is 349 g/mol. The number of rotatable bonds is 3. The van der Waals surface area contributed by atoms with Gasteiger partial charge in [-0.1, -0.05) is 42.5 Å². The molecule has 2 N–H and O–H groups in total. The molecule has 0 saturated heterocycles. The monoisotopic (exact) mass is 349 g/mol. The Labute approximate surface area is 155 Å². The second kappa shape index (κ2) is 7.50. The maximum atomic E-state index is 13.2. The van der Waals surface area contributed by atoms with Crippen molar-refractivity contribution < 1.29 is 4.79 Å². The second-order valence-corrected chi connectivity index (χ2v) is 7.51. The van der Waals surface area contributed by atoms with Crippen LogP contribution >= 0.6 is 0 Å². The number of nitrogens with zero attached hydrogens (tertiary/aromatic N) is 2. The standard InChI is InChI=1S/C22H27N3O/c23-19-12-11-18(15-19)22(26)25-14-6-13-24(16-17-7-2-1-3-8-17)20-9-4-5-10-21(20)25/h1-5,7-10,18-19H,6,11-16,23H2. The summed E-state index contributed by atoms with van der Waals surface area (Å²) in [5.41, 5.74) is 9.55. The van der Waals surface area contributed by atoms with Crippen LogP contribution in [-0.4, -0.2) is 25.0 Å². The van der Waals surface area contributed by atoms with E-state index in [-0.39, 0.29) is 17.9 Å². The van der Waals surface area contributed by atoms with Gasteiger partial charge in [0.1, 0.15) is 0 Å². The summed E-state index contributed by atoms with van der Waals surface area (Å²) in [6.45, 7) is 2.61. The summed E-state index contributed by atoms with van der Waals surface area (Å²) in [6, 6.07) is 19.0. The number of carbonyl (C=O) groups is 1. The highest BCUT2D eigenvalue weighted by molar-refractivity contribution is 5.98. The Morgan fingerprint density at radius 3 is 2.42 bits per heavy atom. The van der Waals surface area contributed by atoms with Gasteiger partial charge in [-0.05, 0) is 43.4 Å². The van der Waals surface area contributed by atoms with E-state index in [1.165, 1.54) is 5.56 Å². The number of para-hydroxylation sites is 2. The maximum Gasteiger partial charge on any atom is 0.230 e. The van der Waals surface area contributed by atoms with Crippen molar-refractivity contribution in [1.82, 2.24) is 0 Å². The smallest absolute Gasteiger partial charge is 0.230 e. The van der Waals surface area contributed by atoms with E-state index in [4.69, 9.17) is 5.73 Å². The number of fused-ring (bicyclic) bond motifs is 1. The van der Waals surface area contributed by atoms with E-state index >= 15 is 0 Å². The molecular weight excluding hydrogens is 322 g/mol. The van der Waals surface area contributed by atoms with Gasteiger partial charge in [0.25, 0.3) is 0 Å². The molecule has 1 fully saturated rings. The molecule has 4 heteroatoms. The Bertz CT molecular complexity index is 761. The number of benzene rings is 2. The average Bonchev–Trinajstić information content (AvgIpc) is 3.03.